The molecule has 0 bridgehead atoms. The number of nitrogens with zero attached hydrogens (tertiary/aromatic N) is 2. The average Bonchev–Trinajstić information content (AvgIpc) is 3.68. The van der Waals surface area contributed by atoms with Gasteiger partial charge in [-0.1, -0.05) is 74.5 Å². The molecule has 2 amide bonds. The Labute approximate surface area is 338 Å². The number of benzene rings is 4. The lowest BCUT2D eigenvalue weighted by Crippen LogP contribution is -2.27. The van der Waals surface area contributed by atoms with E-state index in [1.807, 2.05) is 6.92 Å². The highest BCUT2D eigenvalue weighted by atomic mass is 79.9. The first-order chi connectivity index (χ1) is 27.5. The van der Waals surface area contributed by atoms with Crippen LogP contribution in [-0.4, -0.2) is 48.3 Å². The van der Waals surface area contributed by atoms with Crippen LogP contribution in [0.1, 0.15) is 69.9 Å². The zero-order chi connectivity index (χ0) is 42.4. The summed E-state index contributed by atoms with van der Waals surface area (Å²) in [6, 6.07) is 22.5. The number of hydrogen-bond donors (Lipinski definition) is 2. The lowest BCUT2D eigenvalue weighted by molar-refractivity contribution is -0.144. The fourth-order valence-electron chi connectivity index (χ4n) is 6.58. The van der Waals surface area contributed by atoms with E-state index in [1.165, 1.54) is 20.3 Å². The van der Waals surface area contributed by atoms with Crippen molar-refractivity contribution in [2.24, 2.45) is 0 Å². The minimum atomic E-state index is -4.82. The summed E-state index contributed by atoms with van der Waals surface area (Å²) in [6.07, 6.45) is -8.36. The van der Waals surface area contributed by atoms with Crippen LogP contribution in [0, 0.1) is 5.82 Å². The molecule has 0 aliphatic rings. The quantitative estimate of drug-likeness (QED) is 0.120. The first kappa shape index (κ1) is 43.6. The first-order valence-corrected chi connectivity index (χ1v) is 18.9. The second kappa shape index (κ2) is 18.4. The van der Waals surface area contributed by atoms with Crippen molar-refractivity contribution >= 4 is 49.6 Å². The first-order valence-electron chi connectivity index (χ1n) is 18.1. The van der Waals surface area contributed by atoms with Crippen molar-refractivity contribution in [3.05, 3.63) is 129 Å². The van der Waals surface area contributed by atoms with Crippen LogP contribution < -0.4 is 20.1 Å². The molecular weight excluding hydrogens is 837 g/mol. The largest absolute Gasteiger partial charge is 0.496 e. The number of carbonyl (C=O) groups is 2. The van der Waals surface area contributed by atoms with Crippen LogP contribution in [0.4, 0.5) is 30.7 Å². The number of ether oxygens (including phenoxy) is 2. The van der Waals surface area contributed by atoms with Gasteiger partial charge < -0.3 is 29.2 Å². The second-order valence-electron chi connectivity index (χ2n) is 13.1. The van der Waals surface area contributed by atoms with E-state index in [0.29, 0.717) is 39.7 Å². The van der Waals surface area contributed by atoms with Gasteiger partial charge in [-0.15, -0.1) is 0 Å². The van der Waals surface area contributed by atoms with Gasteiger partial charge in [0.25, 0.3) is 11.8 Å². The number of alkyl halides is 6. The molecular formula is C42H40BrF7N4O4. The van der Waals surface area contributed by atoms with Crippen molar-refractivity contribution < 1.29 is 49.8 Å². The summed E-state index contributed by atoms with van der Waals surface area (Å²) >= 11 is 3.34. The van der Waals surface area contributed by atoms with Crippen LogP contribution in [-0.2, 0) is 25.4 Å². The highest BCUT2D eigenvalue weighted by molar-refractivity contribution is 9.10. The predicted molar refractivity (Wildman–Crippen MR) is 211 cm³/mol. The topological polar surface area (TPSA) is 86.5 Å². The van der Waals surface area contributed by atoms with Crippen LogP contribution in [0.5, 0.6) is 11.5 Å². The highest BCUT2D eigenvalue weighted by Gasteiger charge is 2.43. The number of rotatable bonds is 12. The molecule has 0 fully saturated rings. The molecule has 2 aromatic heterocycles. The fraction of sp³-hybridized carbons (Fsp3) is 0.286. The van der Waals surface area contributed by atoms with Gasteiger partial charge in [0.15, 0.2) is 11.6 Å². The average molecular weight is 878 g/mol. The highest BCUT2D eigenvalue weighted by Crippen LogP contribution is 2.43. The number of halogens is 8. The Balaban J connectivity index is 0.000000221. The maximum absolute atomic E-state index is 14.4. The van der Waals surface area contributed by atoms with Crippen LogP contribution >= 0.6 is 15.9 Å². The van der Waals surface area contributed by atoms with Crippen molar-refractivity contribution in [1.29, 1.82) is 0 Å². The molecule has 6 aromatic rings. The number of fused-ring (bicyclic) bond motifs is 2. The maximum atomic E-state index is 14.4. The smallest absolute Gasteiger partial charge is 0.432 e. The van der Waals surface area contributed by atoms with Crippen molar-refractivity contribution in [3.63, 3.8) is 0 Å². The van der Waals surface area contributed by atoms with Gasteiger partial charge in [-0.25, -0.2) is 4.39 Å². The summed E-state index contributed by atoms with van der Waals surface area (Å²) < 4.78 is 112. The minimum Gasteiger partial charge on any atom is -0.496 e. The zero-order valence-electron chi connectivity index (χ0n) is 31.9. The lowest BCUT2D eigenvalue weighted by atomic mass is 10.1. The Bertz CT molecular complexity index is 2230. The number of amides is 2. The van der Waals surface area contributed by atoms with E-state index >= 15 is 0 Å². The minimum absolute atomic E-state index is 0.0138. The molecule has 0 unspecified atom stereocenters. The van der Waals surface area contributed by atoms with Crippen LogP contribution in [0.3, 0.4) is 0 Å². The second-order valence-corrected chi connectivity index (χ2v) is 14.0. The third kappa shape index (κ3) is 9.43. The molecule has 0 atom stereocenters. The number of methoxy groups -OCH3 is 2. The van der Waals surface area contributed by atoms with Crippen LogP contribution in [0.15, 0.2) is 89.4 Å². The Kier molecular flexibility index (Phi) is 13.8. The third-order valence-corrected chi connectivity index (χ3v) is 9.72. The molecule has 58 heavy (non-hydrogen) atoms. The lowest BCUT2D eigenvalue weighted by Gasteiger charge is -2.15. The molecule has 0 radical (unpaired) electrons. The van der Waals surface area contributed by atoms with Crippen molar-refractivity contribution in [2.45, 2.75) is 52.1 Å². The molecule has 16 heteroatoms. The summed E-state index contributed by atoms with van der Waals surface area (Å²) in [4.78, 5) is 25.4. The molecule has 0 aliphatic heterocycles. The number of carbonyl (C=O) groups excluding carboxylic acids is 2. The van der Waals surface area contributed by atoms with E-state index in [1.54, 1.807) is 73.7 Å². The number of nitrogens with one attached hydrogen (secondary N) is 2. The molecule has 308 valence electrons. The molecule has 0 aliphatic carbocycles. The van der Waals surface area contributed by atoms with Gasteiger partial charge in [0, 0.05) is 43.0 Å². The van der Waals surface area contributed by atoms with Gasteiger partial charge in [0.05, 0.1) is 40.9 Å². The summed E-state index contributed by atoms with van der Waals surface area (Å²) in [7, 11) is 2.64. The Hall–Kier alpha value is -5.51. The van der Waals surface area contributed by atoms with Crippen LogP contribution in [0.2, 0.25) is 0 Å². The Morgan fingerprint density at radius 3 is 1.41 bits per heavy atom. The summed E-state index contributed by atoms with van der Waals surface area (Å²) in [5, 5.41) is 5.26. The SMILES string of the molecule is CCCNC(=O)c1c(C(F)(F)F)n(Cc2ccccc2)c2cc(Br)c(OC)cc12.CCCNC(=O)c1c(C(F)(F)F)n(Cc2ccccc2)c2cc(F)c(OC)cc12. The maximum Gasteiger partial charge on any atom is 0.432 e. The van der Waals surface area contributed by atoms with Crippen molar-refractivity contribution in [2.75, 3.05) is 27.3 Å². The number of hydrogen-bond acceptors (Lipinski definition) is 4. The van der Waals surface area contributed by atoms with Gasteiger partial charge in [-0.05, 0) is 58.1 Å². The van der Waals surface area contributed by atoms with Crippen LogP contribution in [0.25, 0.3) is 21.8 Å². The number of aromatic nitrogens is 2. The molecule has 0 saturated carbocycles. The van der Waals surface area contributed by atoms with E-state index < -0.39 is 46.9 Å². The van der Waals surface area contributed by atoms with E-state index in [0.717, 1.165) is 21.3 Å². The molecule has 0 saturated heterocycles. The molecule has 8 nitrogen and oxygen atoms in total. The van der Waals surface area contributed by atoms with Crippen molar-refractivity contribution in [3.8, 4) is 11.5 Å². The molecule has 6 rings (SSSR count). The van der Waals surface area contributed by atoms with Gasteiger partial charge in [0.2, 0.25) is 0 Å². The normalized spacial score (nSPS) is 11.7. The summed E-state index contributed by atoms with van der Waals surface area (Å²) in [5.41, 5.74) is -1.44. The van der Waals surface area contributed by atoms with E-state index in [2.05, 4.69) is 26.6 Å². The predicted octanol–water partition coefficient (Wildman–Crippen LogP) is 10.6. The van der Waals surface area contributed by atoms with Gasteiger partial charge in [-0.3, -0.25) is 9.59 Å². The Morgan fingerprint density at radius 2 is 1.03 bits per heavy atom. The zero-order valence-corrected chi connectivity index (χ0v) is 33.5. The standard InChI is InChI=1S/C21H20BrF3N2O2.C21H20F4N2O2/c2*1-3-9-26-20(28)18-14-10-17(29-2)15(22)11-16(14)27(19(18)21(23,24)25)12-13-7-5-4-6-8-13/h2*4-8,10-11H,3,9,12H2,1-2H3,(H,26,28). The molecule has 4 aromatic carbocycles. The molecule has 2 N–H and O–H groups in total. The van der Waals surface area contributed by atoms with E-state index in [-0.39, 0.29) is 53.8 Å². The molecule has 0 spiro atoms. The fourth-order valence-corrected chi connectivity index (χ4v) is 7.07. The van der Waals surface area contributed by atoms with Gasteiger partial charge >= 0.3 is 12.4 Å². The summed E-state index contributed by atoms with van der Waals surface area (Å²) in [5.74, 6) is -2.29. The third-order valence-electron chi connectivity index (χ3n) is 9.10. The van der Waals surface area contributed by atoms with E-state index in [9.17, 15) is 40.3 Å². The Morgan fingerprint density at radius 1 is 0.638 bits per heavy atom. The van der Waals surface area contributed by atoms with E-state index in [4.69, 9.17) is 9.47 Å². The monoisotopic (exact) mass is 876 g/mol. The van der Waals surface area contributed by atoms with Gasteiger partial charge in [0.1, 0.15) is 17.1 Å². The van der Waals surface area contributed by atoms with Crippen molar-refractivity contribution in [1.82, 2.24) is 19.8 Å². The molecule has 2 heterocycles. The summed E-state index contributed by atoms with van der Waals surface area (Å²) in [6.45, 7) is 3.95. The van der Waals surface area contributed by atoms with Gasteiger partial charge in [-0.2, -0.15) is 26.3 Å².